The molecule has 0 radical (unpaired) electrons. The molecule has 120 valence electrons. The summed E-state index contributed by atoms with van der Waals surface area (Å²) in [4.78, 5) is 0. The number of hydrogen-bond acceptors (Lipinski definition) is 4. The second-order valence-corrected chi connectivity index (χ2v) is 6.09. The van der Waals surface area contributed by atoms with E-state index in [1.165, 1.54) is 4.72 Å². The Morgan fingerprint density at radius 1 is 1.20 bits per heavy atom. The zero-order valence-corrected chi connectivity index (χ0v) is 11.8. The van der Waals surface area contributed by atoms with Gasteiger partial charge in [0.15, 0.2) is 0 Å². The highest BCUT2D eigenvalue weighted by Gasteiger charge is 2.29. The number of nitrogens with one attached hydrogen (secondary N) is 3. The van der Waals surface area contributed by atoms with Gasteiger partial charge in [-0.3, -0.25) is 0 Å². The fraction of sp³-hybridized carbons (Fsp3) is 1.00. The molecular formula is C10H20F3N3O3S. The molecule has 0 atom stereocenters. The number of hydrogen-bond donors (Lipinski definition) is 3. The largest absolute Gasteiger partial charge is 0.402 e. The smallest absolute Gasteiger partial charge is 0.378 e. The van der Waals surface area contributed by atoms with Gasteiger partial charge in [0, 0.05) is 13.2 Å². The average molecular weight is 319 g/mol. The Labute approximate surface area is 116 Å². The summed E-state index contributed by atoms with van der Waals surface area (Å²) in [5.41, 5.74) is 0. The first-order chi connectivity index (χ1) is 9.29. The summed E-state index contributed by atoms with van der Waals surface area (Å²) in [6.45, 7) is 0.649. The van der Waals surface area contributed by atoms with Gasteiger partial charge in [0.1, 0.15) is 6.54 Å². The molecule has 0 amide bonds. The van der Waals surface area contributed by atoms with E-state index < -0.39 is 22.9 Å². The first-order valence-electron chi connectivity index (χ1n) is 6.42. The summed E-state index contributed by atoms with van der Waals surface area (Å²) in [7, 11) is -4.11. The topological polar surface area (TPSA) is 79.5 Å². The Morgan fingerprint density at radius 2 is 1.85 bits per heavy atom. The van der Waals surface area contributed by atoms with E-state index in [0.29, 0.717) is 13.0 Å². The van der Waals surface area contributed by atoms with Crippen molar-refractivity contribution in [2.75, 3.05) is 32.8 Å². The van der Waals surface area contributed by atoms with Crippen molar-refractivity contribution >= 4 is 10.2 Å². The number of ether oxygens (including phenoxy) is 1. The Bertz CT molecular complexity index is 370. The zero-order valence-electron chi connectivity index (χ0n) is 11.0. The fourth-order valence-electron chi connectivity index (χ4n) is 1.72. The van der Waals surface area contributed by atoms with Crippen LogP contribution >= 0.6 is 0 Å². The van der Waals surface area contributed by atoms with Crippen LogP contribution in [0.4, 0.5) is 13.2 Å². The zero-order chi connectivity index (χ0) is 15.1. The van der Waals surface area contributed by atoms with E-state index in [1.807, 2.05) is 4.72 Å². The summed E-state index contributed by atoms with van der Waals surface area (Å²) in [6.07, 6.45) is -2.14. The minimum Gasteiger partial charge on any atom is -0.378 e. The quantitative estimate of drug-likeness (QED) is 0.556. The van der Waals surface area contributed by atoms with Crippen LogP contribution in [0.5, 0.6) is 0 Å². The molecule has 0 aliphatic carbocycles. The van der Waals surface area contributed by atoms with E-state index in [-0.39, 0.29) is 12.6 Å². The van der Waals surface area contributed by atoms with Crippen molar-refractivity contribution in [3.05, 3.63) is 0 Å². The molecular weight excluding hydrogens is 299 g/mol. The maximum absolute atomic E-state index is 11.9. The van der Waals surface area contributed by atoms with Crippen molar-refractivity contribution in [1.82, 2.24) is 14.8 Å². The molecule has 0 unspecified atom stereocenters. The standard InChI is InChI=1S/C10H20F3N3O3S/c11-10(12,13)8-16-20(17,18)15-4-1-7-19-9-2-5-14-6-3-9/h9,14-16H,1-8H2. The summed E-state index contributed by atoms with van der Waals surface area (Å²) in [5.74, 6) is 0. The van der Waals surface area contributed by atoms with E-state index in [9.17, 15) is 21.6 Å². The van der Waals surface area contributed by atoms with Crippen LogP contribution in [0.1, 0.15) is 19.3 Å². The number of piperidine rings is 1. The van der Waals surface area contributed by atoms with Gasteiger partial charge in [-0.25, -0.2) is 4.72 Å². The van der Waals surface area contributed by atoms with Crippen LogP contribution in [-0.4, -0.2) is 53.5 Å². The third-order valence-electron chi connectivity index (χ3n) is 2.72. The van der Waals surface area contributed by atoms with Gasteiger partial charge < -0.3 is 10.1 Å². The fourth-order valence-corrected chi connectivity index (χ4v) is 2.59. The van der Waals surface area contributed by atoms with Crippen LogP contribution in [0.2, 0.25) is 0 Å². The molecule has 1 saturated heterocycles. The minimum absolute atomic E-state index is 0.0398. The second kappa shape index (κ2) is 8.13. The third-order valence-corrected chi connectivity index (χ3v) is 3.82. The highest BCUT2D eigenvalue weighted by Crippen LogP contribution is 2.12. The third kappa shape index (κ3) is 8.69. The average Bonchev–Trinajstić information content (AvgIpc) is 2.37. The van der Waals surface area contributed by atoms with Crippen LogP contribution in [0, 0.1) is 0 Å². The van der Waals surface area contributed by atoms with E-state index in [2.05, 4.69) is 5.32 Å². The van der Waals surface area contributed by atoms with E-state index in [4.69, 9.17) is 4.74 Å². The normalized spacial score (nSPS) is 18.4. The highest BCUT2D eigenvalue weighted by atomic mass is 32.2. The van der Waals surface area contributed by atoms with Crippen LogP contribution in [0.25, 0.3) is 0 Å². The molecule has 0 bridgehead atoms. The maximum atomic E-state index is 11.9. The molecule has 1 rings (SSSR count). The van der Waals surface area contributed by atoms with E-state index in [0.717, 1.165) is 25.9 Å². The number of halogens is 3. The SMILES string of the molecule is O=S(=O)(NCCCOC1CCNCC1)NCC(F)(F)F. The Balaban J connectivity index is 2.07. The van der Waals surface area contributed by atoms with Crippen molar-refractivity contribution in [1.29, 1.82) is 0 Å². The molecule has 1 aliphatic heterocycles. The summed E-state index contributed by atoms with van der Waals surface area (Å²) in [5, 5.41) is 3.19. The molecule has 10 heteroatoms. The van der Waals surface area contributed by atoms with Crippen LogP contribution in [-0.2, 0) is 14.9 Å². The van der Waals surface area contributed by atoms with Gasteiger partial charge in [-0.2, -0.15) is 26.3 Å². The van der Waals surface area contributed by atoms with Gasteiger partial charge in [-0.15, -0.1) is 0 Å². The molecule has 6 nitrogen and oxygen atoms in total. The van der Waals surface area contributed by atoms with Crippen LogP contribution in [0.3, 0.4) is 0 Å². The molecule has 0 aromatic carbocycles. The van der Waals surface area contributed by atoms with E-state index >= 15 is 0 Å². The lowest BCUT2D eigenvalue weighted by molar-refractivity contribution is -0.121. The summed E-state index contributed by atoms with van der Waals surface area (Å²) in [6, 6.07) is 0. The highest BCUT2D eigenvalue weighted by molar-refractivity contribution is 7.87. The molecule has 20 heavy (non-hydrogen) atoms. The number of alkyl halides is 3. The van der Waals surface area contributed by atoms with Crippen molar-refractivity contribution < 1.29 is 26.3 Å². The van der Waals surface area contributed by atoms with Crippen molar-refractivity contribution in [3.8, 4) is 0 Å². The van der Waals surface area contributed by atoms with Gasteiger partial charge in [0.2, 0.25) is 0 Å². The monoisotopic (exact) mass is 319 g/mol. The first kappa shape index (κ1) is 17.6. The minimum atomic E-state index is -4.56. The van der Waals surface area contributed by atoms with Crippen LogP contribution in [0.15, 0.2) is 0 Å². The molecule has 1 fully saturated rings. The Hall–Kier alpha value is -0.420. The molecule has 1 aliphatic rings. The molecule has 0 aromatic heterocycles. The molecule has 1 heterocycles. The van der Waals surface area contributed by atoms with Crippen LogP contribution < -0.4 is 14.8 Å². The first-order valence-corrected chi connectivity index (χ1v) is 7.90. The van der Waals surface area contributed by atoms with E-state index in [1.54, 1.807) is 0 Å². The lowest BCUT2D eigenvalue weighted by Gasteiger charge is -2.22. The van der Waals surface area contributed by atoms with Crippen molar-refractivity contribution in [2.24, 2.45) is 0 Å². The Morgan fingerprint density at radius 3 is 2.45 bits per heavy atom. The predicted molar refractivity (Wildman–Crippen MR) is 67.4 cm³/mol. The van der Waals surface area contributed by atoms with Gasteiger partial charge in [0.05, 0.1) is 6.10 Å². The maximum Gasteiger partial charge on any atom is 0.402 e. The van der Waals surface area contributed by atoms with Gasteiger partial charge >= 0.3 is 6.18 Å². The molecule has 0 saturated carbocycles. The van der Waals surface area contributed by atoms with Gasteiger partial charge in [0.25, 0.3) is 10.2 Å². The summed E-state index contributed by atoms with van der Waals surface area (Å²) >= 11 is 0. The molecule has 0 aromatic rings. The second-order valence-electron chi connectivity index (χ2n) is 4.51. The summed E-state index contributed by atoms with van der Waals surface area (Å²) < 4.78 is 66.9. The Kier molecular flexibility index (Phi) is 7.17. The number of rotatable bonds is 8. The molecule has 0 spiro atoms. The molecule has 3 N–H and O–H groups in total. The predicted octanol–water partition coefficient (Wildman–Crippen LogP) is 0.131. The van der Waals surface area contributed by atoms with Gasteiger partial charge in [-0.1, -0.05) is 0 Å². The lowest BCUT2D eigenvalue weighted by atomic mass is 10.1. The lowest BCUT2D eigenvalue weighted by Crippen LogP contribution is -2.42. The van der Waals surface area contributed by atoms with Gasteiger partial charge in [-0.05, 0) is 32.4 Å². The van der Waals surface area contributed by atoms with Crippen molar-refractivity contribution in [2.45, 2.75) is 31.5 Å². The van der Waals surface area contributed by atoms with Crippen molar-refractivity contribution in [3.63, 3.8) is 0 Å².